The van der Waals surface area contributed by atoms with Crippen LogP contribution in [0.4, 0.5) is 0 Å². The first-order valence-electron chi connectivity index (χ1n) is 7.26. The highest BCUT2D eigenvalue weighted by molar-refractivity contribution is 5.34. The van der Waals surface area contributed by atoms with E-state index in [1.54, 1.807) is 0 Å². The summed E-state index contributed by atoms with van der Waals surface area (Å²) in [4.78, 5) is 2.63. The highest BCUT2D eigenvalue weighted by atomic mass is 15.2. The first kappa shape index (κ1) is 12.7. The van der Waals surface area contributed by atoms with Crippen LogP contribution in [0.15, 0.2) is 24.3 Å². The molecule has 2 fully saturated rings. The number of benzene rings is 1. The minimum Gasteiger partial charge on any atom is -0.315 e. The summed E-state index contributed by atoms with van der Waals surface area (Å²) >= 11 is 0. The lowest BCUT2D eigenvalue weighted by Crippen LogP contribution is -2.46. The maximum absolute atomic E-state index is 9.03. The molecule has 3 nitrogen and oxygen atoms in total. The van der Waals surface area contributed by atoms with Gasteiger partial charge in [-0.25, -0.2) is 0 Å². The van der Waals surface area contributed by atoms with E-state index < -0.39 is 0 Å². The van der Waals surface area contributed by atoms with Crippen LogP contribution in [-0.4, -0.2) is 30.6 Å². The minimum absolute atomic E-state index is 0.404. The molecule has 3 rings (SSSR count). The normalized spacial score (nSPS) is 28.6. The third-order valence-electron chi connectivity index (χ3n) is 4.72. The van der Waals surface area contributed by atoms with Gasteiger partial charge in [0.1, 0.15) is 0 Å². The van der Waals surface area contributed by atoms with Crippen molar-refractivity contribution in [2.45, 2.75) is 31.8 Å². The SMILES string of the molecule is CC(c1cccc(C#N)c1)N1CCCC2CNCC21. The Bertz CT molecular complexity index is 491. The largest absolute Gasteiger partial charge is 0.315 e. The van der Waals surface area contributed by atoms with Gasteiger partial charge in [0.25, 0.3) is 0 Å². The molecule has 0 spiro atoms. The summed E-state index contributed by atoms with van der Waals surface area (Å²) in [6, 6.07) is 11.4. The van der Waals surface area contributed by atoms with Crippen molar-refractivity contribution in [3.8, 4) is 6.07 Å². The van der Waals surface area contributed by atoms with Gasteiger partial charge in [0.15, 0.2) is 0 Å². The predicted molar refractivity (Wildman–Crippen MR) is 75.7 cm³/mol. The van der Waals surface area contributed by atoms with Gasteiger partial charge in [-0.3, -0.25) is 4.90 Å². The van der Waals surface area contributed by atoms with Crippen LogP contribution in [0.5, 0.6) is 0 Å². The molecular formula is C16H21N3. The van der Waals surface area contributed by atoms with E-state index in [-0.39, 0.29) is 0 Å². The molecule has 2 aliphatic heterocycles. The Kier molecular flexibility index (Phi) is 3.54. The molecule has 0 aromatic heterocycles. The van der Waals surface area contributed by atoms with Gasteiger partial charge >= 0.3 is 0 Å². The van der Waals surface area contributed by atoms with E-state index in [9.17, 15) is 0 Å². The number of rotatable bonds is 2. The van der Waals surface area contributed by atoms with Crippen LogP contribution >= 0.6 is 0 Å². The van der Waals surface area contributed by atoms with Gasteiger partial charge in [0, 0.05) is 18.6 Å². The third kappa shape index (κ3) is 2.39. The average Bonchev–Trinajstić information content (AvgIpc) is 2.95. The number of hydrogen-bond acceptors (Lipinski definition) is 3. The molecule has 3 atom stereocenters. The lowest BCUT2D eigenvalue weighted by molar-refractivity contribution is 0.0847. The highest BCUT2D eigenvalue weighted by Crippen LogP contribution is 2.33. The minimum atomic E-state index is 0.404. The van der Waals surface area contributed by atoms with Crippen LogP contribution in [0, 0.1) is 17.2 Å². The van der Waals surface area contributed by atoms with E-state index in [1.807, 2.05) is 18.2 Å². The molecule has 19 heavy (non-hydrogen) atoms. The van der Waals surface area contributed by atoms with Crippen molar-refractivity contribution in [1.82, 2.24) is 10.2 Å². The van der Waals surface area contributed by atoms with E-state index in [1.165, 1.54) is 31.5 Å². The Morgan fingerprint density at radius 1 is 1.42 bits per heavy atom. The quantitative estimate of drug-likeness (QED) is 0.881. The van der Waals surface area contributed by atoms with Gasteiger partial charge in [-0.05, 0) is 56.5 Å². The summed E-state index contributed by atoms with van der Waals surface area (Å²) in [5.41, 5.74) is 2.04. The zero-order valence-electron chi connectivity index (χ0n) is 11.5. The number of fused-ring (bicyclic) bond motifs is 1. The molecule has 100 valence electrons. The summed E-state index contributed by atoms with van der Waals surface area (Å²) in [6.45, 7) is 5.75. The Morgan fingerprint density at radius 3 is 3.16 bits per heavy atom. The summed E-state index contributed by atoms with van der Waals surface area (Å²) in [5.74, 6) is 0.815. The Balaban J connectivity index is 1.82. The first-order chi connectivity index (χ1) is 9.29. The zero-order valence-corrected chi connectivity index (χ0v) is 11.5. The molecule has 1 aromatic rings. The van der Waals surface area contributed by atoms with Crippen LogP contribution in [-0.2, 0) is 0 Å². The van der Waals surface area contributed by atoms with Crippen LogP contribution in [0.25, 0.3) is 0 Å². The molecule has 2 aliphatic rings. The van der Waals surface area contributed by atoms with Crippen LogP contribution in [0.1, 0.15) is 36.9 Å². The van der Waals surface area contributed by atoms with Gasteiger partial charge in [-0.1, -0.05) is 12.1 Å². The summed E-state index contributed by atoms with van der Waals surface area (Å²) in [7, 11) is 0. The molecule has 3 heteroatoms. The van der Waals surface area contributed by atoms with E-state index >= 15 is 0 Å². The van der Waals surface area contributed by atoms with Crippen molar-refractivity contribution < 1.29 is 0 Å². The maximum Gasteiger partial charge on any atom is 0.0991 e. The smallest absolute Gasteiger partial charge is 0.0991 e. The lowest BCUT2D eigenvalue weighted by Gasteiger charge is -2.41. The average molecular weight is 255 g/mol. The molecule has 1 aromatic carbocycles. The molecule has 3 unspecified atom stereocenters. The summed E-state index contributed by atoms with van der Waals surface area (Å²) in [6.07, 6.45) is 2.66. The van der Waals surface area contributed by atoms with Crippen molar-refractivity contribution in [2.75, 3.05) is 19.6 Å². The van der Waals surface area contributed by atoms with E-state index in [0.29, 0.717) is 12.1 Å². The van der Waals surface area contributed by atoms with Crippen molar-refractivity contribution in [1.29, 1.82) is 5.26 Å². The van der Waals surface area contributed by atoms with E-state index in [4.69, 9.17) is 5.26 Å². The van der Waals surface area contributed by atoms with Gasteiger partial charge in [-0.2, -0.15) is 5.26 Å². The monoisotopic (exact) mass is 255 g/mol. The van der Waals surface area contributed by atoms with Gasteiger partial charge < -0.3 is 5.32 Å². The van der Waals surface area contributed by atoms with Crippen molar-refractivity contribution in [2.24, 2.45) is 5.92 Å². The fraction of sp³-hybridized carbons (Fsp3) is 0.562. The molecule has 2 saturated heterocycles. The molecular weight excluding hydrogens is 234 g/mol. The number of nitrogens with zero attached hydrogens (tertiary/aromatic N) is 2. The van der Waals surface area contributed by atoms with Crippen LogP contribution < -0.4 is 5.32 Å². The fourth-order valence-electron chi connectivity index (χ4n) is 3.64. The van der Waals surface area contributed by atoms with Crippen LogP contribution in [0.3, 0.4) is 0 Å². The number of nitriles is 1. The van der Waals surface area contributed by atoms with E-state index in [0.717, 1.165) is 18.0 Å². The molecule has 0 radical (unpaired) electrons. The number of likely N-dealkylation sites (tertiary alicyclic amines) is 1. The Morgan fingerprint density at radius 2 is 2.32 bits per heavy atom. The van der Waals surface area contributed by atoms with Crippen molar-refractivity contribution in [3.63, 3.8) is 0 Å². The second-order valence-electron chi connectivity index (χ2n) is 5.78. The molecule has 0 aliphatic carbocycles. The lowest BCUT2D eigenvalue weighted by atomic mass is 9.89. The van der Waals surface area contributed by atoms with Crippen molar-refractivity contribution in [3.05, 3.63) is 35.4 Å². The topological polar surface area (TPSA) is 39.1 Å². The molecule has 2 heterocycles. The molecule has 1 N–H and O–H groups in total. The zero-order chi connectivity index (χ0) is 13.2. The van der Waals surface area contributed by atoms with Crippen molar-refractivity contribution >= 4 is 0 Å². The number of hydrogen-bond donors (Lipinski definition) is 1. The van der Waals surface area contributed by atoms with Gasteiger partial charge in [0.05, 0.1) is 11.6 Å². The van der Waals surface area contributed by atoms with Crippen LogP contribution in [0.2, 0.25) is 0 Å². The van der Waals surface area contributed by atoms with Gasteiger partial charge in [0.2, 0.25) is 0 Å². The number of piperidine rings is 1. The summed E-state index contributed by atoms with van der Waals surface area (Å²) < 4.78 is 0. The predicted octanol–water partition coefficient (Wildman–Crippen LogP) is 2.30. The second kappa shape index (κ2) is 5.32. The second-order valence-corrected chi connectivity index (χ2v) is 5.78. The Labute approximate surface area is 115 Å². The van der Waals surface area contributed by atoms with E-state index in [2.05, 4.69) is 29.3 Å². The van der Waals surface area contributed by atoms with Gasteiger partial charge in [-0.15, -0.1) is 0 Å². The molecule has 0 amide bonds. The molecule has 0 bridgehead atoms. The standard InChI is InChI=1S/C16H21N3/c1-12(14-5-2-4-13(8-14)9-17)19-7-3-6-15-10-18-11-16(15)19/h2,4-5,8,12,15-16,18H,3,6-7,10-11H2,1H3. The molecule has 0 saturated carbocycles. The Hall–Kier alpha value is -1.37. The highest BCUT2D eigenvalue weighted by Gasteiger charge is 2.37. The first-order valence-corrected chi connectivity index (χ1v) is 7.26. The number of nitrogens with one attached hydrogen (secondary N) is 1. The fourth-order valence-corrected chi connectivity index (χ4v) is 3.64. The third-order valence-corrected chi connectivity index (χ3v) is 4.72. The maximum atomic E-state index is 9.03. The summed E-state index contributed by atoms with van der Waals surface area (Å²) in [5, 5.41) is 12.6.